The predicted octanol–water partition coefficient (Wildman–Crippen LogP) is 2.77. The van der Waals surface area contributed by atoms with E-state index in [0.29, 0.717) is 11.5 Å². The fourth-order valence-corrected chi connectivity index (χ4v) is 2.10. The van der Waals surface area contributed by atoms with E-state index in [9.17, 15) is 19.3 Å². The van der Waals surface area contributed by atoms with Crippen LogP contribution in [-0.4, -0.2) is 26.0 Å². The Morgan fingerprint density at radius 3 is 2.58 bits per heavy atom. The van der Waals surface area contributed by atoms with Crippen LogP contribution in [0, 0.1) is 15.9 Å². The molecule has 0 bridgehead atoms. The van der Waals surface area contributed by atoms with Gasteiger partial charge in [-0.15, -0.1) is 0 Å². The summed E-state index contributed by atoms with van der Waals surface area (Å²) < 4.78 is 13.3. The molecule has 120 valence electrons. The molecular weight excluding hydrogens is 317 g/mol. The Morgan fingerprint density at radius 2 is 1.96 bits per heavy atom. The molecule has 3 aromatic rings. The maximum Gasteiger partial charge on any atom is 0.282 e. The first-order valence-electron chi connectivity index (χ1n) is 6.75. The van der Waals surface area contributed by atoms with Gasteiger partial charge in [0, 0.05) is 17.3 Å². The van der Waals surface area contributed by atoms with Crippen molar-refractivity contribution >= 4 is 17.3 Å². The number of anilines is 1. The van der Waals surface area contributed by atoms with Crippen molar-refractivity contribution in [3.05, 3.63) is 70.3 Å². The summed E-state index contributed by atoms with van der Waals surface area (Å²) in [6.45, 7) is 0. The number of hydrogen-bond donors (Lipinski definition) is 2. The third kappa shape index (κ3) is 3.09. The maximum atomic E-state index is 13.3. The van der Waals surface area contributed by atoms with Gasteiger partial charge >= 0.3 is 0 Å². The Bertz CT molecular complexity index is 894. The van der Waals surface area contributed by atoms with Crippen molar-refractivity contribution in [2.24, 2.45) is 0 Å². The minimum absolute atomic E-state index is 0.348. The van der Waals surface area contributed by atoms with Gasteiger partial charge in [0.05, 0.1) is 4.92 Å². The molecule has 1 amide bonds. The van der Waals surface area contributed by atoms with Crippen molar-refractivity contribution in [3.63, 3.8) is 0 Å². The summed E-state index contributed by atoms with van der Waals surface area (Å²) in [5, 5.41) is 19.9. The van der Waals surface area contributed by atoms with Crippen LogP contribution < -0.4 is 5.32 Å². The van der Waals surface area contributed by atoms with E-state index < -0.39 is 22.3 Å². The molecule has 2 aromatic carbocycles. The molecule has 0 radical (unpaired) electrons. The highest BCUT2D eigenvalue weighted by molar-refractivity contribution is 6.07. The zero-order valence-corrected chi connectivity index (χ0v) is 12.1. The largest absolute Gasteiger partial charge is 0.322 e. The smallest absolute Gasteiger partial charge is 0.282 e. The van der Waals surface area contributed by atoms with Crippen LogP contribution in [-0.2, 0) is 0 Å². The molecule has 1 aromatic heterocycles. The van der Waals surface area contributed by atoms with Gasteiger partial charge in [-0.2, -0.15) is 5.10 Å². The molecule has 0 saturated carbocycles. The number of benzene rings is 2. The van der Waals surface area contributed by atoms with Crippen molar-refractivity contribution < 1.29 is 14.1 Å². The van der Waals surface area contributed by atoms with Crippen LogP contribution in [0.15, 0.2) is 48.8 Å². The monoisotopic (exact) mass is 327 g/mol. The SMILES string of the molecule is O=C(Nc1ccc(-c2ncn[nH]2)cc1)c1cc(F)ccc1[N+](=O)[O-]. The quantitative estimate of drug-likeness (QED) is 0.565. The molecule has 0 unspecified atom stereocenters. The minimum Gasteiger partial charge on any atom is -0.322 e. The van der Waals surface area contributed by atoms with Crippen molar-refractivity contribution in [1.29, 1.82) is 0 Å². The number of nitrogens with zero attached hydrogens (tertiary/aromatic N) is 3. The molecule has 0 aliphatic carbocycles. The molecule has 0 atom stereocenters. The highest BCUT2D eigenvalue weighted by Crippen LogP contribution is 2.22. The number of rotatable bonds is 4. The van der Waals surface area contributed by atoms with Crippen LogP contribution >= 0.6 is 0 Å². The molecule has 8 nitrogen and oxygen atoms in total. The molecule has 0 aliphatic rings. The zero-order valence-electron chi connectivity index (χ0n) is 12.1. The summed E-state index contributed by atoms with van der Waals surface area (Å²) >= 11 is 0. The maximum absolute atomic E-state index is 13.3. The number of H-pyrrole nitrogens is 1. The normalized spacial score (nSPS) is 10.4. The van der Waals surface area contributed by atoms with E-state index >= 15 is 0 Å². The lowest BCUT2D eigenvalue weighted by Crippen LogP contribution is -2.14. The van der Waals surface area contributed by atoms with E-state index in [1.165, 1.54) is 6.33 Å². The number of hydrogen-bond acceptors (Lipinski definition) is 5. The second kappa shape index (κ2) is 6.24. The number of nitro benzene ring substituents is 1. The van der Waals surface area contributed by atoms with Crippen LogP contribution in [0.1, 0.15) is 10.4 Å². The Balaban J connectivity index is 1.83. The number of nitrogens with one attached hydrogen (secondary N) is 2. The van der Waals surface area contributed by atoms with Gasteiger partial charge in [0.1, 0.15) is 17.7 Å². The molecule has 0 saturated heterocycles. The molecule has 1 heterocycles. The van der Waals surface area contributed by atoms with Crippen LogP contribution in [0.3, 0.4) is 0 Å². The molecule has 2 N–H and O–H groups in total. The molecule has 9 heteroatoms. The van der Waals surface area contributed by atoms with E-state index in [-0.39, 0.29) is 5.56 Å². The Labute approximate surface area is 134 Å². The second-order valence-electron chi connectivity index (χ2n) is 4.78. The molecule has 0 spiro atoms. The standard InChI is InChI=1S/C15H10FN5O3/c16-10-3-6-13(21(23)24)12(7-10)15(22)19-11-4-1-9(2-5-11)14-17-8-18-20-14/h1-8H,(H,19,22)(H,17,18,20). The number of aromatic amines is 1. The number of carbonyl (C=O) groups excluding carboxylic acids is 1. The number of nitro groups is 1. The Kier molecular flexibility index (Phi) is 3.98. The van der Waals surface area contributed by atoms with Gasteiger partial charge < -0.3 is 5.32 Å². The predicted molar refractivity (Wildman–Crippen MR) is 82.8 cm³/mol. The lowest BCUT2D eigenvalue weighted by molar-refractivity contribution is -0.385. The van der Waals surface area contributed by atoms with E-state index in [1.807, 2.05) is 0 Å². The van der Waals surface area contributed by atoms with Crippen molar-refractivity contribution in [2.75, 3.05) is 5.32 Å². The minimum atomic E-state index is -0.770. The molecule has 0 aliphatic heterocycles. The van der Waals surface area contributed by atoms with Crippen LogP contribution in [0.5, 0.6) is 0 Å². The zero-order chi connectivity index (χ0) is 17.1. The fourth-order valence-electron chi connectivity index (χ4n) is 2.10. The fraction of sp³-hybridized carbons (Fsp3) is 0. The molecule has 0 fully saturated rings. The first-order chi connectivity index (χ1) is 11.5. The Hall–Kier alpha value is -3.62. The molecular formula is C15H10FN5O3. The van der Waals surface area contributed by atoms with Crippen molar-refractivity contribution in [2.45, 2.75) is 0 Å². The Morgan fingerprint density at radius 1 is 1.21 bits per heavy atom. The lowest BCUT2D eigenvalue weighted by atomic mass is 10.1. The highest BCUT2D eigenvalue weighted by Gasteiger charge is 2.21. The van der Waals surface area contributed by atoms with Crippen LogP contribution in [0.2, 0.25) is 0 Å². The van der Waals surface area contributed by atoms with Crippen molar-refractivity contribution in [1.82, 2.24) is 15.2 Å². The highest BCUT2D eigenvalue weighted by atomic mass is 19.1. The van der Waals surface area contributed by atoms with E-state index in [4.69, 9.17) is 0 Å². The van der Waals surface area contributed by atoms with Gasteiger partial charge in [-0.3, -0.25) is 20.0 Å². The summed E-state index contributed by atoms with van der Waals surface area (Å²) in [6.07, 6.45) is 1.37. The van der Waals surface area contributed by atoms with Crippen molar-refractivity contribution in [3.8, 4) is 11.4 Å². The summed E-state index contributed by atoms with van der Waals surface area (Å²) in [4.78, 5) is 26.4. The number of amides is 1. The second-order valence-corrected chi connectivity index (χ2v) is 4.78. The number of carbonyl (C=O) groups is 1. The van der Waals surface area contributed by atoms with Gasteiger partial charge in [-0.1, -0.05) is 0 Å². The van der Waals surface area contributed by atoms with Gasteiger partial charge in [0.2, 0.25) is 0 Å². The molecule has 3 rings (SSSR count). The van der Waals surface area contributed by atoms with E-state index in [0.717, 1.165) is 23.8 Å². The summed E-state index contributed by atoms with van der Waals surface area (Å²) in [5.74, 6) is -0.936. The summed E-state index contributed by atoms with van der Waals surface area (Å²) in [5.41, 5.74) is 0.343. The first kappa shape index (κ1) is 15.3. The van der Waals surface area contributed by atoms with Gasteiger partial charge in [0.25, 0.3) is 11.6 Å². The average molecular weight is 327 g/mol. The van der Waals surface area contributed by atoms with Gasteiger partial charge in [0.15, 0.2) is 5.82 Å². The third-order valence-corrected chi connectivity index (χ3v) is 3.23. The average Bonchev–Trinajstić information content (AvgIpc) is 3.09. The number of aromatic nitrogens is 3. The first-order valence-corrected chi connectivity index (χ1v) is 6.75. The van der Waals surface area contributed by atoms with Crippen LogP contribution in [0.25, 0.3) is 11.4 Å². The lowest BCUT2D eigenvalue weighted by Gasteiger charge is -2.06. The van der Waals surface area contributed by atoms with Crippen LogP contribution in [0.4, 0.5) is 15.8 Å². The van der Waals surface area contributed by atoms with Gasteiger partial charge in [-0.25, -0.2) is 9.37 Å². The summed E-state index contributed by atoms with van der Waals surface area (Å²) in [7, 11) is 0. The van der Waals surface area contributed by atoms with Gasteiger partial charge in [-0.05, 0) is 36.4 Å². The third-order valence-electron chi connectivity index (χ3n) is 3.23. The van der Waals surface area contributed by atoms with E-state index in [2.05, 4.69) is 20.5 Å². The number of halogens is 1. The summed E-state index contributed by atoms with van der Waals surface area (Å²) in [6, 6.07) is 9.29. The van der Waals surface area contributed by atoms with E-state index in [1.54, 1.807) is 24.3 Å². The molecule has 24 heavy (non-hydrogen) atoms. The topological polar surface area (TPSA) is 114 Å².